The van der Waals surface area contributed by atoms with Gasteiger partial charge in [-0.25, -0.2) is 4.98 Å². The molecule has 2 heterocycles. The summed E-state index contributed by atoms with van der Waals surface area (Å²) in [6, 6.07) is 1.72. The van der Waals surface area contributed by atoms with Crippen LogP contribution in [0.3, 0.4) is 0 Å². The van der Waals surface area contributed by atoms with E-state index in [-0.39, 0.29) is 17.7 Å². The van der Waals surface area contributed by atoms with Gasteiger partial charge in [-0.1, -0.05) is 0 Å². The number of hydrogen-bond acceptors (Lipinski definition) is 5. The van der Waals surface area contributed by atoms with Gasteiger partial charge in [0.05, 0.1) is 6.67 Å². The predicted octanol–water partition coefficient (Wildman–Crippen LogP) is 2.37. The maximum atomic E-state index is 12.4. The topological polar surface area (TPSA) is 79.8 Å². The number of amides is 1. The van der Waals surface area contributed by atoms with Crippen LogP contribution in [0.5, 0.6) is 0 Å². The van der Waals surface area contributed by atoms with E-state index in [4.69, 9.17) is 0 Å². The Balaban J connectivity index is 1.87. The number of nitrogens with one attached hydrogen (secondary N) is 2. The standard InChI is InChI=1S/C13H13BrFN5O/c1-16-12-11-8(9(14)5-17-12)3-10(19-20-11)18-13(21)7-2-6(7)4-15/h3,5-7H,2,4H2,1H3,(H,16,17)(H,18,19,21). The number of nitrogens with zero attached hydrogens (tertiary/aromatic N) is 3. The van der Waals surface area contributed by atoms with E-state index in [0.717, 1.165) is 9.86 Å². The van der Waals surface area contributed by atoms with Crippen molar-refractivity contribution in [1.29, 1.82) is 0 Å². The van der Waals surface area contributed by atoms with Gasteiger partial charge >= 0.3 is 0 Å². The average molecular weight is 354 g/mol. The van der Waals surface area contributed by atoms with E-state index in [1.54, 1.807) is 19.3 Å². The molecule has 0 aromatic carbocycles. The summed E-state index contributed by atoms with van der Waals surface area (Å²) >= 11 is 3.40. The summed E-state index contributed by atoms with van der Waals surface area (Å²) in [6.07, 6.45) is 2.25. The van der Waals surface area contributed by atoms with Gasteiger partial charge in [0, 0.05) is 29.0 Å². The number of anilines is 2. The molecule has 1 aliphatic rings. The van der Waals surface area contributed by atoms with E-state index in [0.29, 0.717) is 23.6 Å². The molecule has 0 radical (unpaired) electrons. The number of hydrogen-bond donors (Lipinski definition) is 2. The summed E-state index contributed by atoms with van der Waals surface area (Å²) in [5.74, 6) is 0.362. The van der Waals surface area contributed by atoms with Gasteiger partial charge in [0.1, 0.15) is 5.52 Å². The van der Waals surface area contributed by atoms with Crippen LogP contribution >= 0.6 is 15.9 Å². The van der Waals surface area contributed by atoms with Gasteiger partial charge in [0.2, 0.25) is 5.91 Å². The molecule has 0 saturated heterocycles. The van der Waals surface area contributed by atoms with Crippen LogP contribution in [-0.4, -0.2) is 34.8 Å². The molecule has 1 saturated carbocycles. The van der Waals surface area contributed by atoms with Gasteiger partial charge in [-0.05, 0) is 34.3 Å². The summed E-state index contributed by atoms with van der Waals surface area (Å²) in [7, 11) is 1.75. The highest BCUT2D eigenvalue weighted by Gasteiger charge is 2.43. The summed E-state index contributed by atoms with van der Waals surface area (Å²) in [5.41, 5.74) is 0.609. The summed E-state index contributed by atoms with van der Waals surface area (Å²) in [4.78, 5) is 16.1. The van der Waals surface area contributed by atoms with Crippen molar-refractivity contribution >= 4 is 44.4 Å². The van der Waals surface area contributed by atoms with E-state index in [2.05, 4.69) is 41.7 Å². The first-order valence-corrected chi connectivity index (χ1v) is 7.30. The zero-order valence-electron chi connectivity index (χ0n) is 11.2. The first-order valence-electron chi connectivity index (χ1n) is 6.50. The first-order chi connectivity index (χ1) is 10.1. The molecule has 6 nitrogen and oxygen atoms in total. The second kappa shape index (κ2) is 5.51. The van der Waals surface area contributed by atoms with E-state index in [1.807, 2.05) is 0 Å². The van der Waals surface area contributed by atoms with Crippen molar-refractivity contribution in [3.63, 3.8) is 0 Å². The van der Waals surface area contributed by atoms with Gasteiger partial charge in [0.25, 0.3) is 0 Å². The molecular weight excluding hydrogens is 341 g/mol. The summed E-state index contributed by atoms with van der Waals surface area (Å²) in [5, 5.41) is 14.5. The van der Waals surface area contributed by atoms with Crippen LogP contribution in [0.25, 0.3) is 10.9 Å². The fourth-order valence-corrected chi connectivity index (χ4v) is 2.61. The monoisotopic (exact) mass is 353 g/mol. The first kappa shape index (κ1) is 14.1. The molecule has 2 unspecified atom stereocenters. The van der Waals surface area contributed by atoms with Crippen molar-refractivity contribution in [3.05, 3.63) is 16.7 Å². The number of halogens is 2. The molecule has 1 fully saturated rings. The van der Waals surface area contributed by atoms with Crippen LogP contribution in [0.2, 0.25) is 0 Å². The number of rotatable bonds is 4. The normalized spacial score (nSPS) is 20.3. The van der Waals surface area contributed by atoms with Crippen LogP contribution in [-0.2, 0) is 4.79 Å². The fraction of sp³-hybridized carbons (Fsp3) is 0.385. The smallest absolute Gasteiger partial charge is 0.229 e. The minimum Gasteiger partial charge on any atom is -0.371 e. The van der Waals surface area contributed by atoms with Crippen LogP contribution in [0, 0.1) is 11.8 Å². The lowest BCUT2D eigenvalue weighted by Gasteiger charge is -2.08. The molecule has 8 heteroatoms. The Labute approximate surface area is 128 Å². The zero-order valence-corrected chi connectivity index (χ0v) is 12.8. The number of pyridine rings is 1. The Hall–Kier alpha value is -1.83. The molecule has 2 N–H and O–H groups in total. The van der Waals surface area contributed by atoms with Gasteiger partial charge in [-0.15, -0.1) is 10.2 Å². The molecule has 110 valence electrons. The van der Waals surface area contributed by atoms with Crippen LogP contribution in [0.1, 0.15) is 6.42 Å². The van der Waals surface area contributed by atoms with Gasteiger partial charge in [0.15, 0.2) is 11.6 Å². The molecule has 2 aromatic rings. The number of fused-ring (bicyclic) bond motifs is 1. The van der Waals surface area contributed by atoms with Crippen molar-refractivity contribution in [2.75, 3.05) is 24.4 Å². The Kier molecular flexibility index (Phi) is 3.71. The van der Waals surface area contributed by atoms with Gasteiger partial charge in [-0.2, -0.15) is 0 Å². The summed E-state index contributed by atoms with van der Waals surface area (Å²) < 4.78 is 13.2. The van der Waals surface area contributed by atoms with Crippen molar-refractivity contribution in [3.8, 4) is 0 Å². The highest BCUT2D eigenvalue weighted by atomic mass is 79.9. The van der Waals surface area contributed by atoms with Gasteiger partial charge < -0.3 is 10.6 Å². The lowest BCUT2D eigenvalue weighted by Crippen LogP contribution is -2.16. The Bertz CT molecular complexity index is 710. The largest absolute Gasteiger partial charge is 0.371 e. The predicted molar refractivity (Wildman–Crippen MR) is 80.8 cm³/mol. The number of alkyl halides is 1. The van der Waals surface area contributed by atoms with Gasteiger partial charge in [-0.3, -0.25) is 9.18 Å². The minimum absolute atomic E-state index is 0.148. The third-order valence-corrected chi connectivity index (χ3v) is 4.16. The Morgan fingerprint density at radius 2 is 2.33 bits per heavy atom. The van der Waals surface area contributed by atoms with Crippen molar-refractivity contribution in [2.24, 2.45) is 11.8 Å². The lowest BCUT2D eigenvalue weighted by atomic mass is 10.2. The Morgan fingerprint density at radius 3 is 3.00 bits per heavy atom. The number of aromatic nitrogens is 3. The molecule has 1 amide bonds. The fourth-order valence-electron chi connectivity index (χ4n) is 2.20. The summed E-state index contributed by atoms with van der Waals surface area (Å²) in [6.45, 7) is -0.454. The molecule has 0 spiro atoms. The second-order valence-electron chi connectivity index (χ2n) is 4.94. The molecule has 2 aromatic heterocycles. The second-order valence-corrected chi connectivity index (χ2v) is 5.80. The average Bonchev–Trinajstić information content (AvgIpc) is 3.28. The zero-order chi connectivity index (χ0) is 15.0. The molecule has 0 bridgehead atoms. The van der Waals surface area contributed by atoms with E-state index < -0.39 is 6.67 Å². The Morgan fingerprint density at radius 1 is 1.52 bits per heavy atom. The van der Waals surface area contributed by atoms with E-state index in [9.17, 15) is 9.18 Å². The van der Waals surface area contributed by atoms with E-state index in [1.165, 1.54) is 0 Å². The molecular formula is C13H13BrFN5O. The van der Waals surface area contributed by atoms with Crippen LogP contribution in [0.15, 0.2) is 16.7 Å². The highest BCUT2D eigenvalue weighted by molar-refractivity contribution is 9.10. The van der Waals surface area contributed by atoms with Crippen LogP contribution in [0.4, 0.5) is 16.0 Å². The molecule has 2 atom stereocenters. The van der Waals surface area contributed by atoms with E-state index >= 15 is 0 Å². The number of carbonyl (C=O) groups is 1. The third kappa shape index (κ3) is 2.67. The van der Waals surface area contributed by atoms with Crippen LogP contribution < -0.4 is 10.6 Å². The van der Waals surface area contributed by atoms with Crippen molar-refractivity contribution in [2.45, 2.75) is 6.42 Å². The van der Waals surface area contributed by atoms with Crippen molar-refractivity contribution in [1.82, 2.24) is 15.2 Å². The minimum atomic E-state index is -0.454. The maximum absolute atomic E-state index is 12.4. The van der Waals surface area contributed by atoms with Crippen molar-refractivity contribution < 1.29 is 9.18 Å². The quantitative estimate of drug-likeness (QED) is 0.881. The maximum Gasteiger partial charge on any atom is 0.229 e. The molecule has 21 heavy (non-hydrogen) atoms. The SMILES string of the molecule is CNc1ncc(Br)c2cc(NC(=O)C3CC3CF)nnc12. The third-order valence-electron chi connectivity index (χ3n) is 3.53. The lowest BCUT2D eigenvalue weighted by molar-refractivity contribution is -0.117. The highest BCUT2D eigenvalue weighted by Crippen LogP contribution is 2.39. The molecule has 1 aliphatic carbocycles. The molecule has 3 rings (SSSR count). The number of carbonyl (C=O) groups excluding carboxylic acids is 1. The molecule has 0 aliphatic heterocycles.